The van der Waals surface area contributed by atoms with Crippen molar-refractivity contribution in [2.75, 3.05) is 0 Å². The van der Waals surface area contributed by atoms with Crippen LogP contribution in [-0.4, -0.2) is 16.2 Å². The lowest BCUT2D eigenvalue weighted by molar-refractivity contribution is -0.141. The van der Waals surface area contributed by atoms with E-state index in [1.165, 1.54) is 0 Å². The van der Waals surface area contributed by atoms with Crippen LogP contribution in [0, 0.1) is 5.92 Å². The lowest BCUT2D eigenvalue weighted by Gasteiger charge is -2.23. The summed E-state index contributed by atoms with van der Waals surface area (Å²) in [7, 11) is 0. The first-order valence-electron chi connectivity index (χ1n) is 5.87. The van der Waals surface area contributed by atoms with E-state index in [4.69, 9.17) is 16.7 Å². The van der Waals surface area contributed by atoms with E-state index < -0.39 is 11.9 Å². The van der Waals surface area contributed by atoms with Gasteiger partial charge in [-0.3, -0.25) is 4.79 Å². The monoisotopic (exact) mass is 270 g/mol. The van der Waals surface area contributed by atoms with Crippen LogP contribution < -0.4 is 0 Å². The summed E-state index contributed by atoms with van der Waals surface area (Å²) < 4.78 is 0. The summed E-state index contributed by atoms with van der Waals surface area (Å²) in [4.78, 5) is 10.9. The van der Waals surface area contributed by atoms with Crippen LogP contribution in [0.2, 0.25) is 5.02 Å². The minimum Gasteiger partial charge on any atom is -0.507 e. The predicted molar refractivity (Wildman–Crippen MR) is 72.3 cm³/mol. The number of phenolic OH excluding ortho intramolecular Hbond substituents is 1. The molecule has 0 saturated carbocycles. The maximum atomic E-state index is 10.9. The number of aliphatic carboxylic acids is 1. The normalized spacial score (nSPS) is 13.4. The molecule has 0 heterocycles. The van der Waals surface area contributed by atoms with E-state index >= 15 is 0 Å². The molecule has 0 aromatic heterocycles. The topological polar surface area (TPSA) is 57.5 Å². The summed E-state index contributed by atoms with van der Waals surface area (Å²) in [5, 5.41) is 19.7. The second kappa shape index (κ2) is 5.19. The maximum Gasteiger partial charge on any atom is 0.306 e. The fourth-order valence-corrected chi connectivity index (χ4v) is 2.04. The first-order chi connectivity index (χ1) is 8.12. The average molecular weight is 271 g/mol. The van der Waals surface area contributed by atoms with Gasteiger partial charge in [0.25, 0.3) is 0 Å². The molecule has 100 valence electrons. The highest BCUT2D eigenvalue weighted by molar-refractivity contribution is 6.30. The van der Waals surface area contributed by atoms with Crippen molar-refractivity contribution in [1.29, 1.82) is 0 Å². The molecule has 0 aliphatic rings. The van der Waals surface area contributed by atoms with Gasteiger partial charge in [0.1, 0.15) is 5.75 Å². The Morgan fingerprint density at radius 3 is 2.39 bits per heavy atom. The number of halogens is 1. The molecule has 1 aromatic carbocycles. The van der Waals surface area contributed by atoms with Crippen LogP contribution >= 0.6 is 11.6 Å². The zero-order chi connectivity index (χ0) is 14.1. The number of benzene rings is 1. The number of phenols is 1. The van der Waals surface area contributed by atoms with Gasteiger partial charge in [0, 0.05) is 10.6 Å². The molecule has 0 aliphatic carbocycles. The van der Waals surface area contributed by atoms with Crippen LogP contribution in [0.3, 0.4) is 0 Å². The lowest BCUT2D eigenvalue weighted by atomic mass is 9.84. The summed E-state index contributed by atoms with van der Waals surface area (Å²) in [5.74, 6) is -1.28. The molecule has 18 heavy (non-hydrogen) atoms. The van der Waals surface area contributed by atoms with Crippen LogP contribution in [0.1, 0.15) is 38.8 Å². The Balaban J connectivity index is 3.22. The molecule has 0 bridgehead atoms. The Morgan fingerprint density at radius 2 is 1.94 bits per heavy atom. The van der Waals surface area contributed by atoms with E-state index in [0.29, 0.717) is 10.6 Å². The number of aromatic hydroxyl groups is 1. The molecule has 4 heteroatoms. The van der Waals surface area contributed by atoms with Crippen LogP contribution in [-0.2, 0) is 16.6 Å². The highest BCUT2D eigenvalue weighted by atomic mass is 35.5. The Kier molecular flexibility index (Phi) is 4.28. The van der Waals surface area contributed by atoms with Crippen LogP contribution in [0.25, 0.3) is 0 Å². The number of carboxylic acids is 1. The summed E-state index contributed by atoms with van der Waals surface area (Å²) in [5.41, 5.74) is 1.08. The summed E-state index contributed by atoms with van der Waals surface area (Å²) in [6.07, 6.45) is 0.269. The molecule has 0 radical (unpaired) electrons. The number of carbonyl (C=O) groups is 1. The van der Waals surface area contributed by atoms with E-state index in [1.807, 2.05) is 20.8 Å². The quantitative estimate of drug-likeness (QED) is 0.882. The number of rotatable bonds is 3. The summed E-state index contributed by atoms with van der Waals surface area (Å²) >= 11 is 6.03. The zero-order valence-electron chi connectivity index (χ0n) is 11.1. The van der Waals surface area contributed by atoms with Gasteiger partial charge in [-0.25, -0.2) is 0 Å². The molecular weight excluding hydrogens is 252 g/mol. The third kappa shape index (κ3) is 3.39. The van der Waals surface area contributed by atoms with Gasteiger partial charge in [0.05, 0.1) is 5.92 Å². The van der Waals surface area contributed by atoms with Gasteiger partial charge in [-0.15, -0.1) is 0 Å². The number of hydrogen-bond acceptors (Lipinski definition) is 2. The molecule has 1 rings (SSSR count). The number of carboxylic acid groups (broad SMARTS) is 1. The fourth-order valence-electron chi connectivity index (χ4n) is 1.80. The van der Waals surface area contributed by atoms with Crippen LogP contribution in [0.5, 0.6) is 5.75 Å². The standard InChI is InChI=1S/C14H19ClO3/c1-8(13(17)18)5-9-6-10(15)7-11(12(9)16)14(2,3)4/h6-8,16H,5H2,1-4H3,(H,17,18). The number of hydrogen-bond donors (Lipinski definition) is 2. The Labute approximate surface area is 112 Å². The average Bonchev–Trinajstić information content (AvgIpc) is 2.21. The molecule has 0 fully saturated rings. The van der Waals surface area contributed by atoms with E-state index in [2.05, 4.69) is 0 Å². The van der Waals surface area contributed by atoms with Crippen molar-refractivity contribution in [3.8, 4) is 5.75 Å². The van der Waals surface area contributed by atoms with Gasteiger partial charge in [-0.2, -0.15) is 0 Å². The SMILES string of the molecule is CC(Cc1cc(Cl)cc(C(C)(C)C)c1O)C(=O)O. The lowest BCUT2D eigenvalue weighted by Crippen LogP contribution is -2.15. The Hall–Kier alpha value is -1.22. The van der Waals surface area contributed by atoms with Gasteiger partial charge >= 0.3 is 5.97 Å². The van der Waals surface area contributed by atoms with Gasteiger partial charge in [-0.1, -0.05) is 39.3 Å². The highest BCUT2D eigenvalue weighted by Gasteiger charge is 2.23. The highest BCUT2D eigenvalue weighted by Crippen LogP contribution is 2.36. The minimum atomic E-state index is -0.883. The molecule has 0 spiro atoms. The van der Waals surface area contributed by atoms with Crippen LogP contribution in [0.4, 0.5) is 0 Å². The summed E-state index contributed by atoms with van der Waals surface area (Å²) in [6, 6.07) is 3.36. The molecule has 3 nitrogen and oxygen atoms in total. The molecule has 1 atom stereocenters. The van der Waals surface area contributed by atoms with E-state index in [-0.39, 0.29) is 17.6 Å². The Morgan fingerprint density at radius 1 is 1.39 bits per heavy atom. The second-order valence-corrected chi connectivity index (χ2v) is 6.09. The Bertz CT molecular complexity index is 461. The van der Waals surface area contributed by atoms with Crippen molar-refractivity contribution in [2.45, 2.75) is 39.5 Å². The summed E-state index contributed by atoms with van der Waals surface area (Å²) in [6.45, 7) is 7.54. The first-order valence-corrected chi connectivity index (χ1v) is 6.25. The predicted octanol–water partition coefficient (Wildman–Crippen LogP) is 3.61. The molecule has 1 unspecified atom stereocenters. The first kappa shape index (κ1) is 14.8. The van der Waals surface area contributed by atoms with Crippen molar-refractivity contribution < 1.29 is 15.0 Å². The fraction of sp³-hybridized carbons (Fsp3) is 0.500. The molecule has 0 amide bonds. The van der Waals surface area contributed by atoms with Crippen LogP contribution in [0.15, 0.2) is 12.1 Å². The third-order valence-corrected chi connectivity index (χ3v) is 3.13. The van der Waals surface area contributed by atoms with Gasteiger partial charge in [0.2, 0.25) is 0 Å². The van der Waals surface area contributed by atoms with Crippen molar-refractivity contribution in [3.05, 3.63) is 28.3 Å². The largest absolute Gasteiger partial charge is 0.507 e. The van der Waals surface area contributed by atoms with Crippen molar-refractivity contribution in [2.24, 2.45) is 5.92 Å². The molecular formula is C14H19ClO3. The van der Waals surface area contributed by atoms with E-state index in [0.717, 1.165) is 5.56 Å². The molecule has 1 aromatic rings. The van der Waals surface area contributed by atoms with E-state index in [9.17, 15) is 9.90 Å². The minimum absolute atomic E-state index is 0.153. The molecule has 2 N–H and O–H groups in total. The van der Waals surface area contributed by atoms with E-state index in [1.54, 1.807) is 19.1 Å². The second-order valence-electron chi connectivity index (χ2n) is 5.65. The smallest absolute Gasteiger partial charge is 0.306 e. The van der Waals surface area contributed by atoms with Gasteiger partial charge < -0.3 is 10.2 Å². The van der Waals surface area contributed by atoms with Gasteiger partial charge in [-0.05, 0) is 29.5 Å². The van der Waals surface area contributed by atoms with Crippen molar-refractivity contribution in [3.63, 3.8) is 0 Å². The van der Waals surface area contributed by atoms with Crippen molar-refractivity contribution >= 4 is 17.6 Å². The van der Waals surface area contributed by atoms with Crippen molar-refractivity contribution in [1.82, 2.24) is 0 Å². The maximum absolute atomic E-state index is 10.9. The van der Waals surface area contributed by atoms with Gasteiger partial charge in [0.15, 0.2) is 0 Å². The zero-order valence-corrected chi connectivity index (χ0v) is 11.9. The molecule has 0 aliphatic heterocycles. The molecule has 0 saturated heterocycles. The third-order valence-electron chi connectivity index (χ3n) is 2.91.